The maximum atomic E-state index is 4.78. The van der Waals surface area contributed by atoms with Gasteiger partial charge in [-0.15, -0.1) is 0 Å². The summed E-state index contributed by atoms with van der Waals surface area (Å²) in [6, 6.07) is 11.0. The quantitative estimate of drug-likeness (QED) is 0.756. The summed E-state index contributed by atoms with van der Waals surface area (Å²) in [5.41, 5.74) is 3.55. The first-order chi connectivity index (χ1) is 9.70. The van der Waals surface area contributed by atoms with Crippen molar-refractivity contribution in [3.63, 3.8) is 0 Å². The third-order valence-corrected chi connectivity index (χ3v) is 3.37. The number of aryl methyl sites for hydroxylation is 2. The van der Waals surface area contributed by atoms with Crippen molar-refractivity contribution >= 4 is 0 Å². The fourth-order valence-corrected chi connectivity index (χ4v) is 2.32. The molecule has 0 bridgehead atoms. The van der Waals surface area contributed by atoms with Crippen molar-refractivity contribution in [3.8, 4) is 11.3 Å². The summed E-state index contributed by atoms with van der Waals surface area (Å²) in [6.45, 7) is 7.57. The number of hydrogen-bond donors (Lipinski definition) is 2. The summed E-state index contributed by atoms with van der Waals surface area (Å²) in [7, 11) is 0. The Morgan fingerprint density at radius 3 is 2.60 bits per heavy atom. The Labute approximate surface area is 121 Å². The van der Waals surface area contributed by atoms with E-state index in [1.807, 2.05) is 6.07 Å². The molecule has 0 saturated carbocycles. The van der Waals surface area contributed by atoms with Crippen LogP contribution < -0.4 is 5.32 Å². The standard InChI is InChI=1S/C17H25N3/c1-4-15-17(14-9-6-5-7-10-14)20-16(19-15)11-8-12-18-13(2)3/h5-7,9-10,13,18H,4,8,11-12H2,1-3H3,(H,19,20). The van der Waals surface area contributed by atoms with Crippen LogP contribution >= 0.6 is 0 Å². The molecule has 2 aromatic rings. The fraction of sp³-hybridized carbons (Fsp3) is 0.471. The Morgan fingerprint density at radius 1 is 1.20 bits per heavy atom. The van der Waals surface area contributed by atoms with Crippen LogP contribution in [0.15, 0.2) is 30.3 Å². The average Bonchev–Trinajstić information content (AvgIpc) is 2.87. The van der Waals surface area contributed by atoms with Gasteiger partial charge in [-0.3, -0.25) is 0 Å². The molecule has 0 atom stereocenters. The predicted octanol–water partition coefficient (Wildman–Crippen LogP) is 3.57. The monoisotopic (exact) mass is 271 g/mol. The molecule has 2 N–H and O–H groups in total. The molecule has 0 amide bonds. The van der Waals surface area contributed by atoms with Crippen LogP contribution in [0.3, 0.4) is 0 Å². The van der Waals surface area contributed by atoms with E-state index in [2.05, 4.69) is 55.3 Å². The molecule has 1 aromatic heterocycles. The molecule has 1 aromatic carbocycles. The molecule has 0 aliphatic carbocycles. The van der Waals surface area contributed by atoms with E-state index in [9.17, 15) is 0 Å². The number of H-pyrrole nitrogens is 1. The van der Waals surface area contributed by atoms with Crippen LogP contribution in [0.4, 0.5) is 0 Å². The number of hydrogen-bond acceptors (Lipinski definition) is 2. The Kier molecular flexibility index (Phi) is 5.36. The second-order valence-corrected chi connectivity index (χ2v) is 5.44. The number of imidazole rings is 1. The van der Waals surface area contributed by atoms with Gasteiger partial charge < -0.3 is 10.3 Å². The smallest absolute Gasteiger partial charge is 0.107 e. The zero-order valence-corrected chi connectivity index (χ0v) is 12.7. The van der Waals surface area contributed by atoms with Gasteiger partial charge in [0.25, 0.3) is 0 Å². The molecule has 108 valence electrons. The summed E-state index contributed by atoms with van der Waals surface area (Å²) >= 11 is 0. The first-order valence-corrected chi connectivity index (χ1v) is 7.57. The van der Waals surface area contributed by atoms with Crippen LogP contribution in [0.1, 0.15) is 38.7 Å². The van der Waals surface area contributed by atoms with Crippen LogP contribution in [-0.4, -0.2) is 22.6 Å². The highest BCUT2D eigenvalue weighted by Gasteiger charge is 2.10. The second-order valence-electron chi connectivity index (χ2n) is 5.44. The molecule has 2 rings (SSSR count). The van der Waals surface area contributed by atoms with Crippen molar-refractivity contribution < 1.29 is 0 Å². The molecule has 3 heteroatoms. The highest BCUT2D eigenvalue weighted by molar-refractivity contribution is 5.61. The van der Waals surface area contributed by atoms with Gasteiger partial charge in [0, 0.05) is 23.7 Å². The van der Waals surface area contributed by atoms with Gasteiger partial charge in [-0.1, -0.05) is 51.1 Å². The van der Waals surface area contributed by atoms with Crippen LogP contribution in [0.25, 0.3) is 11.3 Å². The van der Waals surface area contributed by atoms with Crippen molar-refractivity contribution in [2.45, 2.75) is 46.1 Å². The number of aromatic amines is 1. The summed E-state index contributed by atoms with van der Waals surface area (Å²) in [6.07, 6.45) is 3.10. The molecule has 3 nitrogen and oxygen atoms in total. The number of nitrogens with one attached hydrogen (secondary N) is 2. The van der Waals surface area contributed by atoms with E-state index in [0.29, 0.717) is 6.04 Å². The number of benzene rings is 1. The summed E-state index contributed by atoms with van der Waals surface area (Å²) < 4.78 is 0. The molecule has 0 saturated heterocycles. The van der Waals surface area contributed by atoms with E-state index in [-0.39, 0.29) is 0 Å². The lowest BCUT2D eigenvalue weighted by atomic mass is 10.1. The van der Waals surface area contributed by atoms with E-state index in [1.165, 1.54) is 11.3 Å². The molecular weight excluding hydrogens is 246 g/mol. The lowest BCUT2D eigenvalue weighted by molar-refractivity contribution is 0.566. The maximum absolute atomic E-state index is 4.78. The van der Waals surface area contributed by atoms with Crippen molar-refractivity contribution in [2.75, 3.05) is 6.54 Å². The van der Waals surface area contributed by atoms with E-state index in [4.69, 9.17) is 4.98 Å². The normalized spacial score (nSPS) is 11.2. The van der Waals surface area contributed by atoms with E-state index < -0.39 is 0 Å². The highest BCUT2D eigenvalue weighted by Crippen LogP contribution is 2.22. The van der Waals surface area contributed by atoms with Crippen LogP contribution in [0, 0.1) is 0 Å². The Morgan fingerprint density at radius 2 is 1.95 bits per heavy atom. The zero-order valence-electron chi connectivity index (χ0n) is 12.7. The average molecular weight is 271 g/mol. The summed E-state index contributed by atoms with van der Waals surface area (Å²) in [4.78, 5) is 8.26. The van der Waals surface area contributed by atoms with Crippen molar-refractivity contribution in [1.82, 2.24) is 15.3 Å². The summed E-state index contributed by atoms with van der Waals surface area (Å²) in [5.74, 6) is 1.10. The SMILES string of the molecule is CCc1[nH]c(CCCNC(C)C)nc1-c1ccccc1. The van der Waals surface area contributed by atoms with Crippen LogP contribution in [0.2, 0.25) is 0 Å². The van der Waals surface area contributed by atoms with Gasteiger partial charge >= 0.3 is 0 Å². The van der Waals surface area contributed by atoms with E-state index in [0.717, 1.165) is 37.3 Å². The molecule has 0 radical (unpaired) electrons. The Balaban J connectivity index is 2.04. The number of rotatable bonds is 7. The van der Waals surface area contributed by atoms with Gasteiger partial charge in [-0.25, -0.2) is 4.98 Å². The maximum Gasteiger partial charge on any atom is 0.107 e. The third kappa shape index (κ3) is 3.94. The topological polar surface area (TPSA) is 40.7 Å². The predicted molar refractivity (Wildman–Crippen MR) is 84.9 cm³/mol. The first-order valence-electron chi connectivity index (χ1n) is 7.57. The summed E-state index contributed by atoms with van der Waals surface area (Å²) in [5, 5.41) is 3.44. The largest absolute Gasteiger partial charge is 0.345 e. The molecule has 0 aliphatic heterocycles. The van der Waals surface area contributed by atoms with Crippen LogP contribution in [0.5, 0.6) is 0 Å². The minimum atomic E-state index is 0.553. The molecule has 1 heterocycles. The van der Waals surface area contributed by atoms with Gasteiger partial charge in [0.1, 0.15) is 5.82 Å². The Bertz CT molecular complexity index is 514. The molecule has 0 unspecified atom stereocenters. The highest BCUT2D eigenvalue weighted by atomic mass is 14.9. The van der Waals surface area contributed by atoms with Gasteiger partial charge in [0.15, 0.2) is 0 Å². The van der Waals surface area contributed by atoms with Crippen molar-refractivity contribution in [1.29, 1.82) is 0 Å². The van der Waals surface area contributed by atoms with Crippen molar-refractivity contribution in [3.05, 3.63) is 41.9 Å². The molecule has 20 heavy (non-hydrogen) atoms. The number of aromatic nitrogens is 2. The fourth-order valence-electron chi connectivity index (χ4n) is 2.32. The molecular formula is C17H25N3. The minimum absolute atomic E-state index is 0.553. The lowest BCUT2D eigenvalue weighted by Gasteiger charge is -2.06. The second kappa shape index (κ2) is 7.25. The van der Waals surface area contributed by atoms with Gasteiger partial charge in [0.2, 0.25) is 0 Å². The van der Waals surface area contributed by atoms with Crippen molar-refractivity contribution in [2.24, 2.45) is 0 Å². The van der Waals surface area contributed by atoms with E-state index in [1.54, 1.807) is 0 Å². The minimum Gasteiger partial charge on any atom is -0.345 e. The van der Waals surface area contributed by atoms with Gasteiger partial charge in [0.05, 0.1) is 5.69 Å². The van der Waals surface area contributed by atoms with E-state index >= 15 is 0 Å². The van der Waals surface area contributed by atoms with Gasteiger partial charge in [-0.05, 0) is 19.4 Å². The first kappa shape index (κ1) is 14.8. The van der Waals surface area contributed by atoms with Gasteiger partial charge in [-0.2, -0.15) is 0 Å². The zero-order chi connectivity index (χ0) is 14.4. The lowest BCUT2D eigenvalue weighted by Crippen LogP contribution is -2.24. The molecule has 0 spiro atoms. The molecule has 0 fully saturated rings. The third-order valence-electron chi connectivity index (χ3n) is 3.37. The Hall–Kier alpha value is -1.61. The number of nitrogens with zero attached hydrogens (tertiary/aromatic N) is 1. The molecule has 0 aliphatic rings. The van der Waals surface area contributed by atoms with Crippen LogP contribution in [-0.2, 0) is 12.8 Å².